The Morgan fingerprint density at radius 1 is 1.11 bits per heavy atom. The van der Waals surface area contributed by atoms with Crippen LogP contribution in [0, 0.1) is 35.2 Å². The van der Waals surface area contributed by atoms with Crippen LogP contribution in [-0.4, -0.2) is 29.7 Å². The molecule has 0 radical (unpaired) electrons. The molecule has 2 saturated carbocycles. The Morgan fingerprint density at radius 3 is 2.45 bits per heavy atom. The number of sulfone groups is 1. The molecule has 2 fully saturated rings. The third-order valence-electron chi connectivity index (χ3n) is 7.90. The fraction of sp³-hybridized carbons (Fsp3) is 0.333. The van der Waals surface area contributed by atoms with Crippen molar-refractivity contribution in [3.05, 3.63) is 88.5 Å². The smallest absolute Gasteiger partial charge is 0.255 e. The SMILES string of the molecule is C[C@H]1CC2C[C@@H](S(=O)(=O)c3cc(C(=O)Nc4cc(F)c(F)c(F)c4)ccc3Cl)C[C@H]1[C@@]2(O)c1cccnc1. The molecule has 1 unspecified atom stereocenters. The lowest BCUT2D eigenvalue weighted by Crippen LogP contribution is -2.46. The van der Waals surface area contributed by atoms with Gasteiger partial charge in [-0.25, -0.2) is 21.6 Å². The number of anilines is 1. The summed E-state index contributed by atoms with van der Waals surface area (Å²) in [5.74, 6) is -6.04. The van der Waals surface area contributed by atoms with Crippen molar-refractivity contribution in [2.45, 2.75) is 41.9 Å². The number of carbonyl (C=O) groups excluding carboxylic acids is 1. The van der Waals surface area contributed by atoms with E-state index in [0.29, 0.717) is 24.1 Å². The zero-order chi connectivity index (χ0) is 27.4. The first-order chi connectivity index (χ1) is 17.9. The van der Waals surface area contributed by atoms with Gasteiger partial charge in [0.2, 0.25) is 0 Å². The van der Waals surface area contributed by atoms with Gasteiger partial charge in [0.1, 0.15) is 0 Å². The number of amides is 1. The lowest BCUT2D eigenvalue weighted by atomic mass is 9.70. The second kappa shape index (κ2) is 9.66. The molecule has 0 aliphatic heterocycles. The number of nitrogens with zero attached hydrogens (tertiary/aromatic N) is 1. The van der Waals surface area contributed by atoms with Crippen molar-refractivity contribution in [1.82, 2.24) is 4.98 Å². The molecule has 3 aromatic rings. The van der Waals surface area contributed by atoms with Gasteiger partial charge in [-0.1, -0.05) is 24.6 Å². The summed E-state index contributed by atoms with van der Waals surface area (Å²) >= 11 is 6.28. The van der Waals surface area contributed by atoms with Gasteiger partial charge < -0.3 is 10.4 Å². The molecule has 0 saturated heterocycles. The highest BCUT2D eigenvalue weighted by atomic mass is 35.5. The number of hydrogen-bond donors (Lipinski definition) is 2. The molecule has 5 atom stereocenters. The van der Waals surface area contributed by atoms with Gasteiger partial charge in [-0.2, -0.15) is 0 Å². The molecule has 2 bridgehead atoms. The summed E-state index contributed by atoms with van der Waals surface area (Å²) in [6, 6.07) is 8.44. The molecule has 1 amide bonds. The van der Waals surface area contributed by atoms with Crippen LogP contribution >= 0.6 is 11.6 Å². The summed E-state index contributed by atoms with van der Waals surface area (Å²) in [4.78, 5) is 16.6. The predicted octanol–water partition coefficient (Wildman–Crippen LogP) is 5.50. The largest absolute Gasteiger partial charge is 0.385 e. The van der Waals surface area contributed by atoms with Gasteiger partial charge in [0.05, 0.1) is 20.8 Å². The van der Waals surface area contributed by atoms with Crippen molar-refractivity contribution in [1.29, 1.82) is 0 Å². The molecule has 1 aromatic heterocycles. The third kappa shape index (κ3) is 4.38. The maximum Gasteiger partial charge on any atom is 0.255 e. The Balaban J connectivity index is 1.43. The van der Waals surface area contributed by atoms with Crippen LogP contribution < -0.4 is 5.32 Å². The van der Waals surface area contributed by atoms with Crippen molar-refractivity contribution in [3.63, 3.8) is 0 Å². The molecule has 5 rings (SSSR count). The number of benzene rings is 2. The quantitative estimate of drug-likeness (QED) is 0.399. The number of hydrogen-bond acceptors (Lipinski definition) is 5. The van der Waals surface area contributed by atoms with E-state index in [4.69, 9.17) is 11.6 Å². The molecule has 200 valence electrons. The van der Waals surface area contributed by atoms with Crippen molar-refractivity contribution in [3.8, 4) is 0 Å². The van der Waals surface area contributed by atoms with E-state index in [-0.39, 0.29) is 51.8 Å². The van der Waals surface area contributed by atoms with Gasteiger partial charge in [-0.05, 0) is 61.3 Å². The van der Waals surface area contributed by atoms with Crippen LogP contribution in [0.15, 0.2) is 59.8 Å². The van der Waals surface area contributed by atoms with Crippen LogP contribution in [0.25, 0.3) is 0 Å². The zero-order valence-corrected chi connectivity index (χ0v) is 21.7. The monoisotopic (exact) mass is 564 g/mol. The van der Waals surface area contributed by atoms with Crippen LogP contribution in [0.3, 0.4) is 0 Å². The molecule has 2 aliphatic rings. The summed E-state index contributed by atoms with van der Waals surface area (Å²) in [6.45, 7) is 2.00. The summed E-state index contributed by atoms with van der Waals surface area (Å²) in [6.07, 6.45) is 4.29. The highest BCUT2D eigenvalue weighted by molar-refractivity contribution is 7.92. The van der Waals surface area contributed by atoms with E-state index in [1.807, 2.05) is 6.92 Å². The minimum Gasteiger partial charge on any atom is -0.385 e. The van der Waals surface area contributed by atoms with Crippen LogP contribution in [0.5, 0.6) is 0 Å². The highest BCUT2D eigenvalue weighted by Crippen LogP contribution is 2.59. The molecular weight excluding hydrogens is 541 g/mol. The molecular formula is C27H24ClF3N2O4S. The highest BCUT2D eigenvalue weighted by Gasteiger charge is 2.59. The standard InChI is InChI=1S/C27H24ClF3N2O4S/c1-14-7-17-9-19(12-20(14)27(17,35)16-3-2-6-32-13-16)38(36,37)24-8-15(4-5-21(24)28)26(34)33-18-10-22(29)25(31)23(30)11-18/h2-6,8,10-11,13-14,17,19-20,35H,7,9,12H2,1H3,(H,33,34)/t14-,17?,19+,20+,27+/m0/s1. The van der Waals surface area contributed by atoms with Gasteiger partial charge in [0.15, 0.2) is 27.3 Å². The maximum absolute atomic E-state index is 13.8. The summed E-state index contributed by atoms with van der Waals surface area (Å²) in [7, 11) is -4.03. The second-order valence-electron chi connectivity index (χ2n) is 10.1. The molecule has 0 spiro atoms. The Morgan fingerprint density at radius 2 is 1.82 bits per heavy atom. The zero-order valence-electron chi connectivity index (χ0n) is 20.2. The number of pyridine rings is 1. The van der Waals surface area contributed by atoms with Crippen LogP contribution in [0.1, 0.15) is 42.1 Å². The van der Waals surface area contributed by atoms with Crippen LogP contribution in [0.2, 0.25) is 5.02 Å². The summed E-state index contributed by atoms with van der Waals surface area (Å²) < 4.78 is 67.9. The van der Waals surface area contributed by atoms with E-state index in [2.05, 4.69) is 10.3 Å². The maximum atomic E-state index is 13.8. The topological polar surface area (TPSA) is 96.4 Å². The van der Waals surface area contributed by atoms with Gasteiger partial charge in [0.25, 0.3) is 5.91 Å². The van der Waals surface area contributed by atoms with E-state index < -0.39 is 44.0 Å². The number of carbonyl (C=O) groups is 1. The number of aromatic nitrogens is 1. The Hall–Kier alpha value is -2.95. The van der Waals surface area contributed by atoms with E-state index >= 15 is 0 Å². The number of fused-ring (bicyclic) bond motifs is 2. The normalized spacial score (nSPS) is 26.8. The molecule has 2 aromatic carbocycles. The van der Waals surface area contributed by atoms with Gasteiger partial charge in [0, 0.05) is 41.3 Å². The van der Waals surface area contributed by atoms with Crippen molar-refractivity contribution in [2.24, 2.45) is 17.8 Å². The van der Waals surface area contributed by atoms with Gasteiger partial charge in [-0.3, -0.25) is 9.78 Å². The molecule has 2 N–H and O–H groups in total. The number of nitrogens with one attached hydrogen (secondary N) is 1. The van der Waals surface area contributed by atoms with Crippen molar-refractivity contribution in [2.75, 3.05) is 5.32 Å². The van der Waals surface area contributed by atoms with Crippen molar-refractivity contribution < 1.29 is 31.5 Å². The fourth-order valence-corrected chi connectivity index (χ4v) is 8.47. The van der Waals surface area contributed by atoms with E-state index in [1.165, 1.54) is 12.1 Å². The number of rotatable bonds is 5. The molecule has 2 aliphatic carbocycles. The molecule has 6 nitrogen and oxygen atoms in total. The Labute approximate surface area is 222 Å². The lowest BCUT2D eigenvalue weighted by molar-refractivity contribution is -0.0701. The number of aliphatic hydroxyl groups is 1. The minimum atomic E-state index is -4.03. The van der Waals surface area contributed by atoms with Crippen molar-refractivity contribution >= 4 is 33.0 Å². The van der Waals surface area contributed by atoms with Crippen LogP contribution in [0.4, 0.5) is 18.9 Å². The molecule has 1 heterocycles. The van der Waals surface area contributed by atoms with Gasteiger partial charge in [-0.15, -0.1) is 0 Å². The second-order valence-corrected chi connectivity index (χ2v) is 12.7. The summed E-state index contributed by atoms with van der Waals surface area (Å²) in [5, 5.41) is 13.1. The van der Waals surface area contributed by atoms with Crippen LogP contribution in [-0.2, 0) is 15.4 Å². The minimum absolute atomic E-state index is 0.0751. The van der Waals surface area contributed by atoms with E-state index in [1.54, 1.807) is 24.5 Å². The first kappa shape index (κ1) is 26.6. The first-order valence-corrected chi connectivity index (χ1v) is 14.0. The molecule has 11 heteroatoms. The lowest BCUT2D eigenvalue weighted by Gasteiger charge is -2.43. The predicted molar refractivity (Wildman–Crippen MR) is 135 cm³/mol. The van der Waals surface area contributed by atoms with E-state index in [9.17, 15) is 31.5 Å². The number of halogens is 4. The first-order valence-electron chi connectivity index (χ1n) is 12.0. The average molecular weight is 565 g/mol. The fourth-order valence-electron chi connectivity index (χ4n) is 6.09. The summed E-state index contributed by atoms with van der Waals surface area (Å²) in [5.41, 5.74) is -0.971. The average Bonchev–Trinajstić information content (AvgIpc) is 3.00. The Bertz CT molecular complexity index is 1500. The molecule has 38 heavy (non-hydrogen) atoms. The Kier molecular flexibility index (Phi) is 6.77. The van der Waals surface area contributed by atoms with Gasteiger partial charge >= 0.3 is 0 Å². The van der Waals surface area contributed by atoms with E-state index in [0.717, 1.165) is 6.07 Å². The third-order valence-corrected chi connectivity index (χ3v) is 10.6.